The largest absolute Gasteiger partial charge is 0.354 e. The van der Waals surface area contributed by atoms with Crippen LogP contribution in [0.3, 0.4) is 0 Å². The Labute approximate surface area is 112 Å². The standard InChI is InChI=1S/C14H19N3S/c1-9-7-12(10(2)17(9)11-5-6-11)13-8-18-14(15-13)16(3)4/h7-8,11H,5-6H2,1-4H3. The zero-order valence-corrected chi connectivity index (χ0v) is 12.2. The quantitative estimate of drug-likeness (QED) is 0.841. The summed E-state index contributed by atoms with van der Waals surface area (Å²) in [7, 11) is 4.08. The van der Waals surface area contributed by atoms with Gasteiger partial charge in [0.1, 0.15) is 0 Å². The summed E-state index contributed by atoms with van der Waals surface area (Å²) < 4.78 is 2.48. The summed E-state index contributed by atoms with van der Waals surface area (Å²) in [5, 5.41) is 3.23. The van der Waals surface area contributed by atoms with Crippen molar-refractivity contribution in [1.82, 2.24) is 9.55 Å². The van der Waals surface area contributed by atoms with Gasteiger partial charge in [-0.25, -0.2) is 4.98 Å². The van der Waals surface area contributed by atoms with Crippen LogP contribution in [0, 0.1) is 13.8 Å². The monoisotopic (exact) mass is 261 g/mol. The molecule has 0 aromatic carbocycles. The Kier molecular flexibility index (Phi) is 2.70. The van der Waals surface area contributed by atoms with Crippen LogP contribution in [0.25, 0.3) is 11.3 Å². The fourth-order valence-corrected chi connectivity index (χ4v) is 3.28. The Balaban J connectivity index is 2.03. The van der Waals surface area contributed by atoms with E-state index in [2.05, 4.69) is 34.8 Å². The molecule has 3 nitrogen and oxygen atoms in total. The van der Waals surface area contributed by atoms with Crippen LogP contribution in [0.2, 0.25) is 0 Å². The summed E-state index contributed by atoms with van der Waals surface area (Å²) in [5.74, 6) is 0. The molecule has 0 bridgehead atoms. The maximum atomic E-state index is 4.71. The highest BCUT2D eigenvalue weighted by Crippen LogP contribution is 2.40. The third-order valence-corrected chi connectivity index (χ3v) is 4.56. The zero-order chi connectivity index (χ0) is 12.9. The highest BCUT2D eigenvalue weighted by molar-refractivity contribution is 7.14. The molecule has 0 atom stereocenters. The number of aryl methyl sites for hydroxylation is 1. The third kappa shape index (κ3) is 1.85. The van der Waals surface area contributed by atoms with Crippen LogP contribution in [0.4, 0.5) is 5.13 Å². The van der Waals surface area contributed by atoms with E-state index < -0.39 is 0 Å². The molecule has 3 rings (SSSR count). The molecule has 1 aliphatic carbocycles. The summed E-state index contributed by atoms with van der Waals surface area (Å²) in [6.45, 7) is 4.42. The second-order valence-electron chi connectivity index (χ2n) is 5.30. The van der Waals surface area contributed by atoms with Crippen LogP contribution in [0.1, 0.15) is 30.3 Å². The van der Waals surface area contributed by atoms with Crippen molar-refractivity contribution < 1.29 is 0 Å². The predicted molar refractivity (Wildman–Crippen MR) is 77.6 cm³/mol. The van der Waals surface area contributed by atoms with Gasteiger partial charge in [-0.2, -0.15) is 0 Å². The first kappa shape index (κ1) is 11.8. The highest BCUT2D eigenvalue weighted by atomic mass is 32.1. The number of hydrogen-bond donors (Lipinski definition) is 0. The van der Waals surface area contributed by atoms with Crippen molar-refractivity contribution in [3.63, 3.8) is 0 Å². The van der Waals surface area contributed by atoms with E-state index in [4.69, 9.17) is 4.98 Å². The lowest BCUT2D eigenvalue weighted by Gasteiger charge is -2.07. The predicted octanol–water partition coefficient (Wildman–Crippen LogP) is 3.63. The lowest BCUT2D eigenvalue weighted by molar-refractivity contribution is 0.700. The SMILES string of the molecule is Cc1cc(-c2csc(N(C)C)n2)c(C)n1C1CC1. The van der Waals surface area contributed by atoms with E-state index in [-0.39, 0.29) is 0 Å². The van der Waals surface area contributed by atoms with Gasteiger partial charge in [0.05, 0.1) is 5.69 Å². The maximum Gasteiger partial charge on any atom is 0.185 e. The molecule has 96 valence electrons. The topological polar surface area (TPSA) is 21.1 Å². The summed E-state index contributed by atoms with van der Waals surface area (Å²) in [6.07, 6.45) is 2.66. The molecular weight excluding hydrogens is 242 g/mol. The molecule has 0 radical (unpaired) electrons. The second-order valence-corrected chi connectivity index (χ2v) is 6.13. The molecule has 1 fully saturated rings. The molecule has 0 N–H and O–H groups in total. The van der Waals surface area contributed by atoms with Gasteiger partial charge < -0.3 is 9.47 Å². The molecule has 2 aromatic heterocycles. The summed E-state index contributed by atoms with van der Waals surface area (Å²) in [5.41, 5.74) is 5.14. The molecule has 0 saturated heterocycles. The molecule has 0 amide bonds. The van der Waals surface area contributed by atoms with Crippen LogP contribution >= 0.6 is 11.3 Å². The molecule has 0 unspecified atom stereocenters. The average molecular weight is 261 g/mol. The smallest absolute Gasteiger partial charge is 0.185 e. The minimum atomic E-state index is 0.741. The van der Waals surface area contributed by atoms with Crippen LogP contribution in [0.15, 0.2) is 11.4 Å². The van der Waals surface area contributed by atoms with E-state index in [0.29, 0.717) is 0 Å². The summed E-state index contributed by atoms with van der Waals surface area (Å²) in [6, 6.07) is 3.02. The molecule has 0 aliphatic heterocycles. The van der Waals surface area contributed by atoms with E-state index in [1.54, 1.807) is 11.3 Å². The van der Waals surface area contributed by atoms with Gasteiger partial charge in [-0.1, -0.05) is 0 Å². The number of thiazole rings is 1. The van der Waals surface area contributed by atoms with Crippen molar-refractivity contribution in [3.05, 3.63) is 22.8 Å². The van der Waals surface area contributed by atoms with E-state index >= 15 is 0 Å². The van der Waals surface area contributed by atoms with Crippen molar-refractivity contribution in [2.45, 2.75) is 32.7 Å². The van der Waals surface area contributed by atoms with Gasteiger partial charge in [-0.15, -0.1) is 11.3 Å². The average Bonchev–Trinajstić information content (AvgIpc) is 2.92. The highest BCUT2D eigenvalue weighted by Gasteiger charge is 2.27. The van der Waals surface area contributed by atoms with Crippen LogP contribution in [-0.4, -0.2) is 23.6 Å². The lowest BCUT2D eigenvalue weighted by Crippen LogP contribution is -2.07. The second kappa shape index (κ2) is 4.12. The van der Waals surface area contributed by atoms with Gasteiger partial charge in [-0.3, -0.25) is 0 Å². The minimum Gasteiger partial charge on any atom is -0.354 e. The Hall–Kier alpha value is -1.29. The van der Waals surface area contributed by atoms with E-state index in [0.717, 1.165) is 16.9 Å². The Morgan fingerprint density at radius 3 is 2.61 bits per heavy atom. The van der Waals surface area contributed by atoms with Gasteiger partial charge in [0, 0.05) is 42.5 Å². The lowest BCUT2D eigenvalue weighted by atomic mass is 10.2. The third-order valence-electron chi connectivity index (χ3n) is 3.55. The minimum absolute atomic E-state index is 0.741. The van der Waals surface area contributed by atoms with Crippen LogP contribution < -0.4 is 4.90 Å². The number of anilines is 1. The van der Waals surface area contributed by atoms with Gasteiger partial charge in [0.15, 0.2) is 5.13 Å². The summed E-state index contributed by atoms with van der Waals surface area (Å²) in [4.78, 5) is 6.77. The van der Waals surface area contributed by atoms with E-state index in [1.165, 1.54) is 29.8 Å². The number of aromatic nitrogens is 2. The van der Waals surface area contributed by atoms with Crippen molar-refractivity contribution in [2.24, 2.45) is 0 Å². The molecule has 2 aromatic rings. The van der Waals surface area contributed by atoms with E-state index in [9.17, 15) is 0 Å². The number of nitrogens with zero attached hydrogens (tertiary/aromatic N) is 3. The normalized spacial score (nSPS) is 15.1. The van der Waals surface area contributed by atoms with Crippen LogP contribution in [-0.2, 0) is 0 Å². The molecule has 1 aliphatic rings. The fraction of sp³-hybridized carbons (Fsp3) is 0.500. The van der Waals surface area contributed by atoms with Crippen molar-refractivity contribution in [2.75, 3.05) is 19.0 Å². The summed E-state index contributed by atoms with van der Waals surface area (Å²) >= 11 is 1.71. The van der Waals surface area contributed by atoms with Gasteiger partial charge >= 0.3 is 0 Å². The van der Waals surface area contributed by atoms with Gasteiger partial charge in [-0.05, 0) is 32.8 Å². The molecule has 0 spiro atoms. The van der Waals surface area contributed by atoms with Crippen molar-refractivity contribution in [3.8, 4) is 11.3 Å². The Morgan fingerprint density at radius 2 is 2.06 bits per heavy atom. The zero-order valence-electron chi connectivity index (χ0n) is 11.4. The molecular formula is C14H19N3S. The molecule has 1 saturated carbocycles. The molecule has 18 heavy (non-hydrogen) atoms. The van der Waals surface area contributed by atoms with Crippen LogP contribution in [0.5, 0.6) is 0 Å². The first-order valence-electron chi connectivity index (χ1n) is 6.39. The number of hydrogen-bond acceptors (Lipinski definition) is 3. The van der Waals surface area contributed by atoms with Gasteiger partial charge in [0.2, 0.25) is 0 Å². The fourth-order valence-electron chi connectivity index (χ4n) is 2.52. The molecule has 4 heteroatoms. The van der Waals surface area contributed by atoms with Crippen molar-refractivity contribution in [1.29, 1.82) is 0 Å². The van der Waals surface area contributed by atoms with Gasteiger partial charge in [0.25, 0.3) is 0 Å². The Bertz CT molecular complexity index is 576. The number of rotatable bonds is 3. The first-order valence-corrected chi connectivity index (χ1v) is 7.27. The van der Waals surface area contributed by atoms with E-state index in [1.807, 2.05) is 14.1 Å². The first-order chi connectivity index (χ1) is 8.58. The molecule has 2 heterocycles. The van der Waals surface area contributed by atoms with Crippen molar-refractivity contribution >= 4 is 16.5 Å². The maximum absolute atomic E-state index is 4.71. The Morgan fingerprint density at radius 1 is 1.33 bits per heavy atom.